The van der Waals surface area contributed by atoms with Crippen molar-refractivity contribution < 1.29 is 13.9 Å². The predicted octanol–water partition coefficient (Wildman–Crippen LogP) is 5.91. The molecule has 1 heterocycles. The number of nitrogens with zero attached hydrogens (tertiary/aromatic N) is 2. The normalized spacial score (nSPS) is 14.4. The lowest BCUT2D eigenvalue weighted by molar-refractivity contribution is -0.111. The predicted molar refractivity (Wildman–Crippen MR) is 145 cm³/mol. The second kappa shape index (κ2) is 12.3. The quantitative estimate of drug-likeness (QED) is 0.240. The number of halogens is 1. The van der Waals surface area contributed by atoms with Gasteiger partial charge in [0.05, 0.1) is 12.8 Å². The van der Waals surface area contributed by atoms with Crippen LogP contribution in [0.2, 0.25) is 0 Å². The van der Waals surface area contributed by atoms with Gasteiger partial charge in [0, 0.05) is 28.5 Å². The minimum atomic E-state index is -0.610. The zero-order valence-electron chi connectivity index (χ0n) is 20.8. The minimum Gasteiger partial charge on any atom is -0.493 e. The summed E-state index contributed by atoms with van der Waals surface area (Å²) in [7, 11) is 0. The van der Waals surface area contributed by atoms with E-state index in [2.05, 4.69) is 32.5 Å². The van der Waals surface area contributed by atoms with E-state index >= 15 is 0 Å². The van der Waals surface area contributed by atoms with Gasteiger partial charge in [0.1, 0.15) is 5.75 Å². The van der Waals surface area contributed by atoms with Crippen LogP contribution in [0.4, 0.5) is 33.2 Å². The number of nitrogens with one attached hydrogen (secondary N) is 3. The smallest absolute Gasteiger partial charge is 0.247 e. The number of carbonyl (C=O) groups excluding carboxylic acids is 1. The van der Waals surface area contributed by atoms with Gasteiger partial charge in [0.25, 0.3) is 0 Å². The lowest BCUT2D eigenvalue weighted by Crippen LogP contribution is -2.33. The maximum atomic E-state index is 14.5. The van der Waals surface area contributed by atoms with Gasteiger partial charge in [0.15, 0.2) is 11.6 Å². The van der Waals surface area contributed by atoms with Crippen molar-refractivity contribution in [1.29, 1.82) is 0 Å². The number of hydrogen-bond donors (Lipinski definition) is 4. The van der Waals surface area contributed by atoms with Crippen LogP contribution in [0, 0.1) is 11.2 Å². The van der Waals surface area contributed by atoms with E-state index in [9.17, 15) is 9.18 Å². The van der Waals surface area contributed by atoms with Crippen molar-refractivity contribution in [2.24, 2.45) is 11.1 Å². The van der Waals surface area contributed by atoms with Crippen molar-refractivity contribution in [2.75, 3.05) is 29.1 Å². The van der Waals surface area contributed by atoms with Crippen LogP contribution >= 0.6 is 0 Å². The van der Waals surface area contributed by atoms with E-state index in [1.54, 1.807) is 24.3 Å². The van der Waals surface area contributed by atoms with Gasteiger partial charge in [-0.25, -0.2) is 9.37 Å². The number of benzene rings is 2. The molecule has 3 aromatic rings. The van der Waals surface area contributed by atoms with Crippen LogP contribution < -0.4 is 26.4 Å². The summed E-state index contributed by atoms with van der Waals surface area (Å²) in [5.74, 6) is 0.0187. The first-order chi connectivity index (χ1) is 18.0. The maximum absolute atomic E-state index is 14.5. The molecule has 194 valence electrons. The highest BCUT2D eigenvalue weighted by molar-refractivity contribution is 5.99. The van der Waals surface area contributed by atoms with Crippen molar-refractivity contribution in [3.63, 3.8) is 0 Å². The summed E-state index contributed by atoms with van der Waals surface area (Å²) in [5, 5.41) is 8.72. The molecule has 0 saturated heterocycles. The van der Waals surface area contributed by atoms with Crippen LogP contribution in [0.25, 0.3) is 0 Å². The molecule has 5 N–H and O–H groups in total. The molecule has 0 unspecified atom stereocenters. The summed E-state index contributed by atoms with van der Waals surface area (Å²) < 4.78 is 20.7. The molecule has 1 aromatic heterocycles. The third-order valence-corrected chi connectivity index (χ3v) is 6.55. The van der Waals surface area contributed by atoms with E-state index in [1.165, 1.54) is 25.3 Å². The van der Waals surface area contributed by atoms with Gasteiger partial charge >= 0.3 is 0 Å². The fourth-order valence-corrected chi connectivity index (χ4v) is 4.62. The molecule has 1 amide bonds. The Morgan fingerprint density at radius 3 is 2.57 bits per heavy atom. The average Bonchev–Trinajstić information content (AvgIpc) is 2.91. The van der Waals surface area contributed by atoms with Gasteiger partial charge < -0.3 is 26.4 Å². The van der Waals surface area contributed by atoms with Crippen molar-refractivity contribution in [3.05, 3.63) is 73.2 Å². The summed E-state index contributed by atoms with van der Waals surface area (Å²) >= 11 is 0. The first-order valence-corrected chi connectivity index (χ1v) is 12.5. The molecule has 4 rings (SSSR count). The number of hydrogen-bond acceptors (Lipinski definition) is 7. The molecule has 0 bridgehead atoms. The Morgan fingerprint density at radius 2 is 1.81 bits per heavy atom. The van der Waals surface area contributed by atoms with Gasteiger partial charge in [-0.2, -0.15) is 4.98 Å². The Bertz CT molecular complexity index is 1220. The van der Waals surface area contributed by atoms with Crippen LogP contribution in [0.1, 0.15) is 38.5 Å². The largest absolute Gasteiger partial charge is 0.493 e. The topological polar surface area (TPSA) is 114 Å². The van der Waals surface area contributed by atoms with Gasteiger partial charge in [-0.05, 0) is 62.2 Å². The first-order valence-electron chi connectivity index (χ1n) is 12.5. The molecule has 1 aliphatic rings. The van der Waals surface area contributed by atoms with Crippen molar-refractivity contribution in [1.82, 2.24) is 9.97 Å². The molecule has 37 heavy (non-hydrogen) atoms. The summed E-state index contributed by atoms with van der Waals surface area (Å²) in [6.07, 6.45) is 9.24. The van der Waals surface area contributed by atoms with E-state index in [0.717, 1.165) is 36.9 Å². The molecular formula is C28H33FN6O2. The fraction of sp³-hybridized carbons (Fsp3) is 0.321. The van der Waals surface area contributed by atoms with Gasteiger partial charge in [0.2, 0.25) is 11.9 Å². The Hall–Kier alpha value is -3.98. The molecule has 2 aromatic carbocycles. The van der Waals surface area contributed by atoms with Gasteiger partial charge in [-0.15, -0.1) is 0 Å². The van der Waals surface area contributed by atoms with E-state index in [4.69, 9.17) is 10.5 Å². The summed E-state index contributed by atoms with van der Waals surface area (Å²) in [6, 6.07) is 14.4. The summed E-state index contributed by atoms with van der Waals surface area (Å²) in [4.78, 5) is 19.9. The number of carbonyl (C=O) groups is 1. The first kappa shape index (κ1) is 26.1. The molecule has 0 atom stereocenters. The molecule has 0 radical (unpaired) electrons. The van der Waals surface area contributed by atoms with Crippen molar-refractivity contribution in [2.45, 2.75) is 38.5 Å². The molecule has 0 aliphatic heterocycles. The molecule has 8 nitrogen and oxygen atoms in total. The number of aromatic nitrogens is 2. The lowest BCUT2D eigenvalue weighted by Gasteiger charge is -2.36. The third kappa shape index (κ3) is 7.27. The van der Waals surface area contributed by atoms with E-state index in [0.29, 0.717) is 24.5 Å². The number of ether oxygens (including phenoxy) is 1. The van der Waals surface area contributed by atoms with Crippen molar-refractivity contribution >= 4 is 34.7 Å². The lowest BCUT2D eigenvalue weighted by atomic mass is 9.72. The molecule has 0 spiro atoms. The summed E-state index contributed by atoms with van der Waals surface area (Å²) in [5.41, 5.74) is 7.85. The SMILES string of the molecule is C=CC(=O)Nc1cccc(Nc2nc(Nc3cccc(OCC4(CCN)CCCCC4)c3)ncc2F)c1. The second-order valence-corrected chi connectivity index (χ2v) is 9.33. The van der Waals surface area contributed by atoms with E-state index in [1.807, 2.05) is 24.3 Å². The number of nitrogens with two attached hydrogens (primary N) is 1. The number of anilines is 5. The fourth-order valence-electron chi connectivity index (χ4n) is 4.62. The van der Waals surface area contributed by atoms with Crippen LogP contribution in [-0.4, -0.2) is 29.0 Å². The average molecular weight is 505 g/mol. The zero-order chi connectivity index (χ0) is 26.1. The van der Waals surface area contributed by atoms with Crippen LogP contribution in [-0.2, 0) is 4.79 Å². The Labute approximate surface area is 216 Å². The minimum absolute atomic E-state index is 0.00173. The Kier molecular flexibility index (Phi) is 8.68. The van der Waals surface area contributed by atoms with E-state index < -0.39 is 5.82 Å². The number of rotatable bonds is 11. The highest BCUT2D eigenvalue weighted by Crippen LogP contribution is 2.39. The third-order valence-electron chi connectivity index (χ3n) is 6.55. The van der Waals surface area contributed by atoms with Crippen LogP contribution in [0.3, 0.4) is 0 Å². The van der Waals surface area contributed by atoms with Crippen molar-refractivity contribution in [3.8, 4) is 5.75 Å². The molecule has 1 fully saturated rings. The molecule has 1 aliphatic carbocycles. The van der Waals surface area contributed by atoms with Crippen LogP contribution in [0.5, 0.6) is 5.75 Å². The zero-order valence-corrected chi connectivity index (χ0v) is 20.8. The van der Waals surface area contributed by atoms with Crippen LogP contribution in [0.15, 0.2) is 67.4 Å². The summed E-state index contributed by atoms with van der Waals surface area (Å²) in [6.45, 7) is 4.74. The monoisotopic (exact) mass is 504 g/mol. The number of amides is 1. The van der Waals surface area contributed by atoms with Gasteiger partial charge in [-0.1, -0.05) is 38.0 Å². The highest BCUT2D eigenvalue weighted by Gasteiger charge is 2.32. The second-order valence-electron chi connectivity index (χ2n) is 9.33. The van der Waals surface area contributed by atoms with E-state index in [-0.39, 0.29) is 23.1 Å². The van der Waals surface area contributed by atoms with Gasteiger partial charge in [-0.3, -0.25) is 4.79 Å². The Balaban J connectivity index is 1.43. The standard InChI is InChI=1S/C28H33FN6O2/c1-2-25(36)32-20-8-6-9-21(16-20)33-26-24(29)18-31-27(35-26)34-22-10-7-11-23(17-22)37-19-28(14-15-30)12-4-3-5-13-28/h2,6-11,16-18H,1,3-5,12-15,19,30H2,(H,32,36)(H2,31,33,34,35). The highest BCUT2D eigenvalue weighted by atomic mass is 19.1. The molecule has 9 heteroatoms. The Morgan fingerprint density at radius 1 is 1.08 bits per heavy atom. The maximum Gasteiger partial charge on any atom is 0.247 e. The molecule has 1 saturated carbocycles. The molecular weight excluding hydrogens is 471 g/mol.